The highest BCUT2D eigenvalue weighted by Gasteiger charge is 2.35. The van der Waals surface area contributed by atoms with E-state index in [1.54, 1.807) is 0 Å². The summed E-state index contributed by atoms with van der Waals surface area (Å²) >= 11 is 0. The lowest BCUT2D eigenvalue weighted by Gasteiger charge is -2.10. The molecule has 1 aromatic rings. The summed E-state index contributed by atoms with van der Waals surface area (Å²) in [4.78, 5) is 0. The zero-order valence-corrected chi connectivity index (χ0v) is 8.27. The zero-order valence-electron chi connectivity index (χ0n) is 7.45. The number of rotatable bonds is 2. The van der Waals surface area contributed by atoms with Crippen molar-refractivity contribution in [1.82, 2.24) is 0 Å². The highest BCUT2D eigenvalue weighted by Crippen LogP contribution is 2.34. The summed E-state index contributed by atoms with van der Waals surface area (Å²) in [6, 6.07) is 1.97. The molecule has 1 aromatic carbocycles. The van der Waals surface area contributed by atoms with Crippen LogP contribution in [0.5, 0.6) is 5.75 Å². The van der Waals surface area contributed by atoms with E-state index in [0.29, 0.717) is 6.07 Å². The fraction of sp³-hybridized carbons (Fsp3) is 0.143. The van der Waals surface area contributed by atoms with Crippen LogP contribution in [0.1, 0.15) is 5.56 Å². The van der Waals surface area contributed by atoms with Gasteiger partial charge < -0.3 is 4.18 Å². The van der Waals surface area contributed by atoms with Gasteiger partial charge in [-0.25, -0.2) is 4.39 Å². The van der Waals surface area contributed by atoms with Crippen molar-refractivity contribution in [1.29, 1.82) is 0 Å². The molecule has 0 saturated carbocycles. The number of benzene rings is 1. The van der Waals surface area contributed by atoms with Crippen LogP contribution in [0.3, 0.4) is 0 Å². The Morgan fingerprint density at radius 2 is 1.81 bits per heavy atom. The first-order chi connectivity index (χ1) is 7.11. The van der Waals surface area contributed by atoms with Crippen molar-refractivity contribution in [3.63, 3.8) is 0 Å². The maximum absolute atomic E-state index is 13.1. The molecule has 16 heavy (non-hydrogen) atoms. The Morgan fingerprint density at radius 1 is 1.25 bits per heavy atom. The summed E-state index contributed by atoms with van der Waals surface area (Å²) in [7, 11) is -4.57. The van der Waals surface area contributed by atoms with E-state index in [1.165, 1.54) is 0 Å². The molecule has 0 aromatic heterocycles. The van der Waals surface area contributed by atoms with Gasteiger partial charge in [0.25, 0.3) is 0 Å². The summed E-state index contributed by atoms with van der Waals surface area (Å²) in [6.45, 7) is 0. The Balaban J connectivity index is 3.25. The first-order valence-corrected chi connectivity index (χ1v) is 5.16. The van der Waals surface area contributed by atoms with E-state index in [1.807, 2.05) is 0 Å². The zero-order chi connectivity index (χ0) is 12.6. The molecule has 9 heteroatoms. The molecule has 0 bridgehead atoms. The van der Waals surface area contributed by atoms with E-state index in [0.717, 1.165) is 12.1 Å². The second-order valence-electron chi connectivity index (χ2n) is 2.69. The minimum Gasteiger partial charge on any atom is -0.368 e. The Hall–Kier alpha value is -1.35. The van der Waals surface area contributed by atoms with Gasteiger partial charge in [0.05, 0.1) is 5.56 Å². The topological polar surface area (TPSA) is 69.4 Å². The van der Waals surface area contributed by atoms with Crippen LogP contribution in [0.2, 0.25) is 0 Å². The lowest BCUT2D eigenvalue weighted by Crippen LogP contribution is -2.20. The molecule has 0 spiro atoms. The van der Waals surface area contributed by atoms with E-state index < -0.39 is 33.6 Å². The van der Waals surface area contributed by atoms with Gasteiger partial charge >= 0.3 is 16.5 Å². The van der Waals surface area contributed by atoms with Crippen molar-refractivity contribution < 1.29 is 30.2 Å². The van der Waals surface area contributed by atoms with Gasteiger partial charge in [-0.2, -0.15) is 26.7 Å². The third-order valence-electron chi connectivity index (χ3n) is 1.47. The van der Waals surface area contributed by atoms with Crippen LogP contribution >= 0.6 is 0 Å². The van der Waals surface area contributed by atoms with Gasteiger partial charge in [0.2, 0.25) is 0 Å². The van der Waals surface area contributed by atoms with Gasteiger partial charge in [-0.1, -0.05) is 6.07 Å². The number of hydrogen-bond donors (Lipinski definition) is 1. The first kappa shape index (κ1) is 12.7. The van der Waals surface area contributed by atoms with E-state index >= 15 is 0 Å². The van der Waals surface area contributed by atoms with Crippen molar-refractivity contribution in [2.75, 3.05) is 0 Å². The van der Waals surface area contributed by atoms with Crippen molar-refractivity contribution in [2.45, 2.75) is 6.18 Å². The van der Waals surface area contributed by atoms with Gasteiger partial charge in [-0.05, 0) is 12.1 Å². The van der Waals surface area contributed by atoms with E-state index in [-0.39, 0.29) is 0 Å². The van der Waals surface area contributed by atoms with Crippen molar-refractivity contribution >= 4 is 10.3 Å². The minimum absolute atomic E-state index is 0.450. The second-order valence-corrected chi connectivity index (χ2v) is 3.84. The van der Waals surface area contributed by atoms with Crippen molar-refractivity contribution in [2.24, 2.45) is 5.14 Å². The standard InChI is InChI=1S/C7H5F4NO3S/c8-6-4(7(9,10)11)2-1-3-5(6)15-16(12,13)14/h1-3H,(H2,12,13,14). The van der Waals surface area contributed by atoms with Crippen LogP contribution in [0.25, 0.3) is 0 Å². The molecular formula is C7H5F4NO3S. The third kappa shape index (κ3) is 3.07. The molecule has 0 atom stereocenters. The molecule has 0 unspecified atom stereocenters. The van der Waals surface area contributed by atoms with Crippen LogP contribution in [0, 0.1) is 5.82 Å². The number of halogens is 4. The number of alkyl halides is 3. The summed E-state index contributed by atoms with van der Waals surface area (Å²) < 4.78 is 74.4. The Labute approximate surface area is 87.9 Å². The second kappa shape index (κ2) is 3.91. The van der Waals surface area contributed by atoms with Crippen LogP contribution < -0.4 is 9.32 Å². The van der Waals surface area contributed by atoms with Crippen LogP contribution in [0.15, 0.2) is 18.2 Å². The van der Waals surface area contributed by atoms with Crippen LogP contribution in [-0.2, 0) is 16.5 Å². The largest absolute Gasteiger partial charge is 0.419 e. The number of nitrogens with two attached hydrogens (primary N) is 1. The van der Waals surface area contributed by atoms with E-state index in [9.17, 15) is 26.0 Å². The van der Waals surface area contributed by atoms with Crippen LogP contribution in [-0.4, -0.2) is 8.42 Å². The first-order valence-electron chi connectivity index (χ1n) is 3.69. The maximum Gasteiger partial charge on any atom is 0.419 e. The molecule has 0 aliphatic carbocycles. The molecular weight excluding hydrogens is 254 g/mol. The van der Waals surface area contributed by atoms with Gasteiger partial charge in [0, 0.05) is 0 Å². The van der Waals surface area contributed by atoms with E-state index in [2.05, 4.69) is 9.32 Å². The molecule has 0 aliphatic rings. The molecule has 0 aliphatic heterocycles. The lowest BCUT2D eigenvalue weighted by molar-refractivity contribution is -0.140. The average molecular weight is 259 g/mol. The molecule has 2 N–H and O–H groups in total. The SMILES string of the molecule is NS(=O)(=O)Oc1cccc(C(F)(F)F)c1F. The molecule has 0 saturated heterocycles. The fourth-order valence-electron chi connectivity index (χ4n) is 0.919. The van der Waals surface area contributed by atoms with Gasteiger partial charge in [-0.3, -0.25) is 0 Å². The van der Waals surface area contributed by atoms with Crippen molar-refractivity contribution in [3.05, 3.63) is 29.6 Å². The summed E-state index contributed by atoms with van der Waals surface area (Å²) in [5.74, 6) is -2.93. The Morgan fingerprint density at radius 3 is 2.25 bits per heavy atom. The predicted molar refractivity (Wildman–Crippen MR) is 45.1 cm³/mol. The molecule has 90 valence electrons. The molecule has 1 rings (SSSR count). The predicted octanol–water partition coefficient (Wildman–Crippen LogP) is 1.43. The smallest absolute Gasteiger partial charge is 0.368 e. The van der Waals surface area contributed by atoms with Gasteiger partial charge in [0.15, 0.2) is 11.6 Å². The summed E-state index contributed by atoms with van der Waals surface area (Å²) in [5, 5.41) is 4.40. The summed E-state index contributed by atoms with van der Waals surface area (Å²) in [5.41, 5.74) is -1.63. The molecule has 0 fully saturated rings. The molecule has 0 radical (unpaired) electrons. The van der Waals surface area contributed by atoms with Gasteiger partial charge in [0.1, 0.15) is 0 Å². The van der Waals surface area contributed by atoms with Crippen molar-refractivity contribution in [3.8, 4) is 5.75 Å². The molecule has 0 heterocycles. The minimum atomic E-state index is -4.94. The normalized spacial score (nSPS) is 12.6. The Kier molecular flexibility index (Phi) is 3.10. The average Bonchev–Trinajstić information content (AvgIpc) is 2.04. The Bertz CT molecular complexity index is 497. The monoisotopic (exact) mass is 259 g/mol. The fourth-order valence-corrected chi connectivity index (χ4v) is 1.30. The quantitative estimate of drug-likeness (QED) is 0.817. The molecule has 4 nitrogen and oxygen atoms in total. The van der Waals surface area contributed by atoms with Crippen LogP contribution in [0.4, 0.5) is 17.6 Å². The highest BCUT2D eigenvalue weighted by atomic mass is 32.2. The van der Waals surface area contributed by atoms with E-state index in [4.69, 9.17) is 0 Å². The lowest BCUT2D eigenvalue weighted by atomic mass is 10.2. The highest BCUT2D eigenvalue weighted by molar-refractivity contribution is 7.84. The van der Waals surface area contributed by atoms with Gasteiger partial charge in [-0.15, -0.1) is 0 Å². The molecule has 0 amide bonds. The third-order valence-corrected chi connectivity index (χ3v) is 1.89. The summed E-state index contributed by atoms with van der Waals surface area (Å²) in [6.07, 6.45) is -4.94. The maximum atomic E-state index is 13.1. The number of hydrogen-bond acceptors (Lipinski definition) is 3.